The highest BCUT2D eigenvalue weighted by Crippen LogP contribution is 2.33. The van der Waals surface area contributed by atoms with E-state index in [9.17, 15) is 17.6 Å². The Bertz CT molecular complexity index is 644. The number of nitrogen functional groups attached to an aromatic ring is 1. The van der Waals surface area contributed by atoms with Crippen molar-refractivity contribution in [3.8, 4) is 17.2 Å². The van der Waals surface area contributed by atoms with Crippen molar-refractivity contribution in [2.45, 2.75) is 6.36 Å². The molecule has 8 heteroatoms. The fraction of sp³-hybridized carbons (Fsp3) is 0.0769. The molecule has 0 aromatic heterocycles. The number of nitrogens with two attached hydrogens (primary N) is 1. The summed E-state index contributed by atoms with van der Waals surface area (Å²) in [6.07, 6.45) is -4.77. The van der Waals surface area contributed by atoms with Crippen molar-refractivity contribution in [3.05, 3.63) is 47.2 Å². The van der Waals surface area contributed by atoms with E-state index < -0.39 is 12.2 Å². The van der Waals surface area contributed by atoms with E-state index >= 15 is 0 Å². The van der Waals surface area contributed by atoms with Crippen molar-refractivity contribution in [3.63, 3.8) is 0 Å². The summed E-state index contributed by atoms with van der Waals surface area (Å²) in [6.45, 7) is 0. The molecule has 0 radical (unpaired) electrons. The summed E-state index contributed by atoms with van der Waals surface area (Å²) < 4.78 is 58.2. The minimum atomic E-state index is -4.77. The van der Waals surface area contributed by atoms with Crippen molar-refractivity contribution >= 4 is 17.3 Å². The van der Waals surface area contributed by atoms with Gasteiger partial charge in [-0.05, 0) is 24.3 Å². The number of halogens is 5. The lowest BCUT2D eigenvalue weighted by Crippen LogP contribution is -2.16. The molecule has 0 bridgehead atoms. The van der Waals surface area contributed by atoms with Crippen LogP contribution in [0.2, 0.25) is 5.02 Å². The normalized spacial score (nSPS) is 11.3. The van der Waals surface area contributed by atoms with Crippen molar-refractivity contribution in [1.82, 2.24) is 0 Å². The molecule has 2 rings (SSSR count). The summed E-state index contributed by atoms with van der Waals surface area (Å²) in [7, 11) is 0. The summed E-state index contributed by atoms with van der Waals surface area (Å²) >= 11 is 5.59. The molecule has 2 N–H and O–H groups in total. The van der Waals surface area contributed by atoms with E-state index in [1.54, 1.807) is 0 Å². The van der Waals surface area contributed by atoms with Crippen LogP contribution in [-0.4, -0.2) is 6.36 Å². The highest BCUT2D eigenvalue weighted by Gasteiger charge is 2.30. The molecule has 0 aliphatic carbocycles. The summed E-state index contributed by atoms with van der Waals surface area (Å²) in [6, 6.07) is 6.80. The average molecular weight is 322 g/mol. The first kappa shape index (κ1) is 15.2. The van der Waals surface area contributed by atoms with Crippen LogP contribution in [0.25, 0.3) is 0 Å². The molecular weight excluding hydrogens is 314 g/mol. The van der Waals surface area contributed by atoms with Gasteiger partial charge in [-0.1, -0.05) is 11.6 Å². The van der Waals surface area contributed by atoms with Gasteiger partial charge in [-0.25, -0.2) is 4.39 Å². The topological polar surface area (TPSA) is 44.5 Å². The van der Waals surface area contributed by atoms with Crippen molar-refractivity contribution in [2.24, 2.45) is 0 Å². The predicted octanol–water partition coefficient (Wildman–Crippen LogP) is 4.75. The number of rotatable bonds is 3. The maximum atomic E-state index is 13.1. The first-order valence-electron chi connectivity index (χ1n) is 5.53. The van der Waals surface area contributed by atoms with E-state index in [0.29, 0.717) is 0 Å². The maximum absolute atomic E-state index is 13.1. The number of alkyl halides is 3. The zero-order valence-electron chi connectivity index (χ0n) is 10.2. The van der Waals surface area contributed by atoms with E-state index in [-0.39, 0.29) is 28.0 Å². The highest BCUT2D eigenvalue weighted by molar-refractivity contribution is 6.31. The second-order valence-corrected chi connectivity index (χ2v) is 4.33. The van der Waals surface area contributed by atoms with Crippen LogP contribution in [0.15, 0.2) is 36.4 Å². The molecule has 0 fully saturated rings. The van der Waals surface area contributed by atoms with Gasteiger partial charge in [0.25, 0.3) is 0 Å². The zero-order chi connectivity index (χ0) is 15.6. The second kappa shape index (κ2) is 5.69. The van der Waals surface area contributed by atoms with Crippen molar-refractivity contribution < 1.29 is 27.0 Å². The molecule has 2 aromatic rings. The largest absolute Gasteiger partial charge is 0.573 e. The molecule has 0 saturated heterocycles. The van der Waals surface area contributed by atoms with Gasteiger partial charge in [-0.3, -0.25) is 0 Å². The monoisotopic (exact) mass is 321 g/mol. The Balaban J connectivity index is 2.16. The Labute approximate surface area is 121 Å². The molecule has 3 nitrogen and oxygen atoms in total. The molecule has 0 saturated carbocycles. The van der Waals surface area contributed by atoms with Gasteiger partial charge < -0.3 is 15.2 Å². The van der Waals surface area contributed by atoms with Crippen LogP contribution in [0.3, 0.4) is 0 Å². The van der Waals surface area contributed by atoms with Gasteiger partial charge in [0, 0.05) is 12.1 Å². The van der Waals surface area contributed by atoms with Crippen LogP contribution in [0.5, 0.6) is 17.2 Å². The lowest BCUT2D eigenvalue weighted by Gasteiger charge is -2.11. The zero-order valence-corrected chi connectivity index (χ0v) is 11.0. The van der Waals surface area contributed by atoms with Gasteiger partial charge in [-0.2, -0.15) is 0 Å². The van der Waals surface area contributed by atoms with Gasteiger partial charge in [-0.15, -0.1) is 13.2 Å². The number of ether oxygens (including phenoxy) is 2. The summed E-state index contributed by atoms with van der Waals surface area (Å²) in [5, 5.41) is -0.184. The molecular formula is C13H8ClF4NO2. The van der Waals surface area contributed by atoms with E-state index in [4.69, 9.17) is 22.1 Å². The number of anilines is 1. The smallest absolute Gasteiger partial charge is 0.455 e. The third kappa shape index (κ3) is 4.16. The van der Waals surface area contributed by atoms with Gasteiger partial charge in [0.05, 0.1) is 10.7 Å². The highest BCUT2D eigenvalue weighted by atomic mass is 35.5. The molecule has 0 spiro atoms. The Morgan fingerprint density at radius 2 is 1.57 bits per heavy atom. The van der Waals surface area contributed by atoms with Crippen molar-refractivity contribution in [1.29, 1.82) is 0 Å². The molecule has 21 heavy (non-hydrogen) atoms. The molecule has 0 aliphatic heterocycles. The van der Waals surface area contributed by atoms with Crippen molar-refractivity contribution in [2.75, 3.05) is 5.73 Å². The summed E-state index contributed by atoms with van der Waals surface area (Å²) in [4.78, 5) is 0. The minimum Gasteiger partial charge on any atom is -0.455 e. The molecule has 0 atom stereocenters. The van der Waals surface area contributed by atoms with Crippen LogP contribution in [0.4, 0.5) is 23.2 Å². The third-order valence-electron chi connectivity index (χ3n) is 2.34. The van der Waals surface area contributed by atoms with Crippen LogP contribution >= 0.6 is 11.6 Å². The molecule has 112 valence electrons. The van der Waals surface area contributed by atoms with E-state index in [0.717, 1.165) is 18.2 Å². The molecule has 0 unspecified atom stereocenters. The molecule has 2 aromatic carbocycles. The first-order valence-corrected chi connectivity index (χ1v) is 5.90. The number of hydrogen-bond acceptors (Lipinski definition) is 3. The number of hydrogen-bond donors (Lipinski definition) is 1. The Morgan fingerprint density at radius 3 is 2.14 bits per heavy atom. The van der Waals surface area contributed by atoms with Gasteiger partial charge in [0.2, 0.25) is 0 Å². The fourth-order valence-corrected chi connectivity index (χ4v) is 1.62. The first-order chi connectivity index (χ1) is 9.74. The molecule has 0 heterocycles. The van der Waals surface area contributed by atoms with Gasteiger partial charge >= 0.3 is 6.36 Å². The average Bonchev–Trinajstić information content (AvgIpc) is 2.36. The lowest BCUT2D eigenvalue weighted by molar-refractivity contribution is -0.274. The predicted molar refractivity (Wildman–Crippen MR) is 69.0 cm³/mol. The Kier molecular flexibility index (Phi) is 4.13. The van der Waals surface area contributed by atoms with E-state index in [2.05, 4.69) is 4.74 Å². The van der Waals surface area contributed by atoms with E-state index in [1.807, 2.05) is 0 Å². The van der Waals surface area contributed by atoms with Crippen LogP contribution in [0.1, 0.15) is 0 Å². The maximum Gasteiger partial charge on any atom is 0.573 e. The molecule has 0 aliphatic rings. The second-order valence-electron chi connectivity index (χ2n) is 3.93. The van der Waals surface area contributed by atoms with Crippen LogP contribution < -0.4 is 15.2 Å². The Morgan fingerprint density at radius 1 is 1.00 bits per heavy atom. The van der Waals surface area contributed by atoms with Crippen LogP contribution in [-0.2, 0) is 0 Å². The fourth-order valence-electron chi connectivity index (χ4n) is 1.47. The summed E-state index contributed by atoms with van der Waals surface area (Å²) in [5.41, 5.74) is 5.56. The number of benzene rings is 2. The van der Waals surface area contributed by atoms with Gasteiger partial charge in [0.1, 0.15) is 17.3 Å². The van der Waals surface area contributed by atoms with Crippen LogP contribution in [0, 0.1) is 5.82 Å². The standard InChI is InChI=1S/C13H8ClF4NO2/c14-9-5-12(11(19)6-10(9)15)20-7-1-3-8(4-2-7)21-13(16,17)18/h1-6H,19H2. The van der Waals surface area contributed by atoms with E-state index in [1.165, 1.54) is 18.2 Å². The molecule has 0 amide bonds. The lowest BCUT2D eigenvalue weighted by atomic mass is 10.3. The third-order valence-corrected chi connectivity index (χ3v) is 2.63. The Hall–Kier alpha value is -2.15. The minimum absolute atomic E-state index is 0.00696. The quantitative estimate of drug-likeness (QED) is 0.655. The summed E-state index contributed by atoms with van der Waals surface area (Å²) in [5.74, 6) is -0.805. The SMILES string of the molecule is Nc1cc(F)c(Cl)cc1Oc1ccc(OC(F)(F)F)cc1. The van der Waals surface area contributed by atoms with Gasteiger partial charge in [0.15, 0.2) is 5.75 Å².